The Hall–Kier alpha value is -2.19. The first kappa shape index (κ1) is 17.6. The molecule has 1 aromatic carbocycles. The number of fused-ring (bicyclic) bond motifs is 1. The van der Waals surface area contributed by atoms with Gasteiger partial charge in [0.05, 0.1) is 23.0 Å². The second kappa shape index (κ2) is 8.26. The monoisotopic (exact) mass is 374 g/mol. The van der Waals surface area contributed by atoms with Gasteiger partial charge in [0, 0.05) is 18.3 Å². The molecule has 0 radical (unpaired) electrons. The smallest absolute Gasteiger partial charge is 0.258 e. The van der Waals surface area contributed by atoms with Gasteiger partial charge >= 0.3 is 0 Å². The van der Waals surface area contributed by atoms with Crippen molar-refractivity contribution < 1.29 is 4.79 Å². The molecule has 0 aliphatic rings. The van der Waals surface area contributed by atoms with Gasteiger partial charge in [0.25, 0.3) is 5.56 Å². The second-order valence-corrected chi connectivity index (χ2v) is 7.71. The minimum atomic E-state index is -0.157. The van der Waals surface area contributed by atoms with Gasteiger partial charge in [-0.05, 0) is 17.9 Å². The van der Waals surface area contributed by atoms with Gasteiger partial charge in [-0.2, -0.15) is 0 Å². The highest BCUT2D eigenvalue weighted by Gasteiger charge is 2.08. The van der Waals surface area contributed by atoms with Gasteiger partial charge < -0.3 is 10.3 Å². The number of rotatable bonds is 7. The highest BCUT2D eigenvalue weighted by molar-refractivity contribution is 8.00. The molecule has 0 unspecified atom stereocenters. The van der Waals surface area contributed by atoms with Crippen LogP contribution in [0.3, 0.4) is 0 Å². The number of aromatic amines is 1. The van der Waals surface area contributed by atoms with Crippen molar-refractivity contribution in [3.05, 3.63) is 51.5 Å². The van der Waals surface area contributed by atoms with Gasteiger partial charge in [-0.1, -0.05) is 30.8 Å². The standard InChI is InChI=1S/C17H18N4O2S2/c1-2-24-17-19-11(10-25-17)9-15(22)18-8-7-14-20-13-6-4-3-5-12(13)16(23)21-14/h3-6,10H,2,7-9H2,1H3,(H,18,22)(H,20,21,23). The number of nitrogens with zero attached hydrogens (tertiary/aromatic N) is 2. The third kappa shape index (κ3) is 4.67. The molecule has 0 fully saturated rings. The van der Waals surface area contributed by atoms with Crippen LogP contribution >= 0.6 is 23.1 Å². The number of hydrogen-bond donors (Lipinski definition) is 2. The number of amides is 1. The van der Waals surface area contributed by atoms with E-state index in [9.17, 15) is 9.59 Å². The molecule has 0 spiro atoms. The van der Waals surface area contributed by atoms with Gasteiger partial charge in [0.2, 0.25) is 5.91 Å². The zero-order valence-electron chi connectivity index (χ0n) is 13.7. The van der Waals surface area contributed by atoms with Crippen LogP contribution in [0.2, 0.25) is 0 Å². The summed E-state index contributed by atoms with van der Waals surface area (Å²) in [6, 6.07) is 7.20. The third-order valence-corrected chi connectivity index (χ3v) is 5.44. The molecule has 0 atom stereocenters. The number of thioether (sulfide) groups is 1. The number of thiazole rings is 1. The molecule has 6 nitrogen and oxygen atoms in total. The van der Waals surface area contributed by atoms with E-state index in [1.165, 1.54) is 0 Å². The fourth-order valence-electron chi connectivity index (χ4n) is 2.36. The van der Waals surface area contributed by atoms with Gasteiger partial charge in [-0.25, -0.2) is 9.97 Å². The summed E-state index contributed by atoms with van der Waals surface area (Å²) in [5.74, 6) is 1.46. The van der Waals surface area contributed by atoms with Crippen LogP contribution < -0.4 is 10.9 Å². The molecule has 0 saturated heterocycles. The Morgan fingerprint density at radius 1 is 1.32 bits per heavy atom. The van der Waals surface area contributed by atoms with E-state index < -0.39 is 0 Å². The molecule has 25 heavy (non-hydrogen) atoms. The summed E-state index contributed by atoms with van der Waals surface area (Å²) in [5.41, 5.74) is 1.29. The minimum absolute atomic E-state index is 0.0820. The van der Waals surface area contributed by atoms with Crippen molar-refractivity contribution in [2.24, 2.45) is 0 Å². The van der Waals surface area contributed by atoms with Crippen LogP contribution in [0, 0.1) is 0 Å². The van der Waals surface area contributed by atoms with E-state index in [1.807, 2.05) is 17.5 Å². The fourth-order valence-corrected chi connectivity index (χ4v) is 4.10. The number of aromatic nitrogens is 3. The number of nitrogens with one attached hydrogen (secondary N) is 2. The minimum Gasteiger partial charge on any atom is -0.355 e. The zero-order chi connectivity index (χ0) is 17.6. The third-order valence-electron chi connectivity index (χ3n) is 3.49. The Morgan fingerprint density at radius 2 is 2.16 bits per heavy atom. The molecule has 8 heteroatoms. The van der Waals surface area contributed by atoms with Crippen LogP contribution in [0.5, 0.6) is 0 Å². The summed E-state index contributed by atoms with van der Waals surface area (Å²) in [6.07, 6.45) is 0.738. The molecule has 2 heterocycles. The molecule has 0 bridgehead atoms. The molecule has 0 saturated carbocycles. The van der Waals surface area contributed by atoms with Crippen molar-refractivity contribution in [2.75, 3.05) is 12.3 Å². The summed E-state index contributed by atoms with van der Waals surface area (Å²) in [4.78, 5) is 35.6. The van der Waals surface area contributed by atoms with Crippen molar-refractivity contribution in [3.63, 3.8) is 0 Å². The molecule has 2 aromatic heterocycles. The van der Waals surface area contributed by atoms with Crippen molar-refractivity contribution in [1.29, 1.82) is 0 Å². The van der Waals surface area contributed by atoms with Crippen LogP contribution in [0.1, 0.15) is 18.4 Å². The van der Waals surface area contributed by atoms with Crippen LogP contribution in [0.4, 0.5) is 0 Å². The first-order valence-corrected chi connectivity index (χ1v) is 9.84. The second-order valence-electron chi connectivity index (χ2n) is 5.34. The summed E-state index contributed by atoms with van der Waals surface area (Å²) in [6.45, 7) is 2.49. The van der Waals surface area contributed by atoms with Crippen molar-refractivity contribution in [3.8, 4) is 0 Å². The maximum atomic E-state index is 12.0. The van der Waals surface area contributed by atoms with Crippen molar-refractivity contribution >= 4 is 39.9 Å². The summed E-state index contributed by atoms with van der Waals surface area (Å²) >= 11 is 3.24. The largest absolute Gasteiger partial charge is 0.355 e. The van der Waals surface area contributed by atoms with Crippen LogP contribution in [0.25, 0.3) is 10.9 Å². The lowest BCUT2D eigenvalue weighted by molar-refractivity contribution is -0.120. The quantitative estimate of drug-likeness (QED) is 0.620. The lowest BCUT2D eigenvalue weighted by atomic mass is 10.2. The van der Waals surface area contributed by atoms with Crippen molar-refractivity contribution in [2.45, 2.75) is 24.1 Å². The molecular formula is C17H18N4O2S2. The molecule has 3 aromatic rings. The van der Waals surface area contributed by atoms with E-state index in [-0.39, 0.29) is 17.9 Å². The Labute approximate surface area is 153 Å². The normalized spacial score (nSPS) is 10.9. The average Bonchev–Trinajstić information content (AvgIpc) is 3.02. The summed E-state index contributed by atoms with van der Waals surface area (Å²) in [7, 11) is 0. The zero-order valence-corrected chi connectivity index (χ0v) is 15.4. The van der Waals surface area contributed by atoms with Crippen LogP contribution in [0.15, 0.2) is 38.8 Å². The topological polar surface area (TPSA) is 87.7 Å². The molecule has 3 rings (SSSR count). The molecule has 1 amide bonds. The number of para-hydroxylation sites is 1. The van der Waals surface area contributed by atoms with Crippen molar-refractivity contribution in [1.82, 2.24) is 20.3 Å². The van der Waals surface area contributed by atoms with E-state index in [0.29, 0.717) is 29.7 Å². The number of carbonyl (C=O) groups is 1. The number of benzene rings is 1. The lowest BCUT2D eigenvalue weighted by Crippen LogP contribution is -2.28. The van der Waals surface area contributed by atoms with Gasteiger partial charge in [-0.15, -0.1) is 11.3 Å². The Kier molecular flexibility index (Phi) is 5.83. The SMILES string of the molecule is CCSc1nc(CC(=O)NCCc2nc3ccccc3c(=O)[nH]2)cs1. The van der Waals surface area contributed by atoms with E-state index in [2.05, 4.69) is 27.2 Å². The number of H-pyrrole nitrogens is 1. The van der Waals surface area contributed by atoms with E-state index in [0.717, 1.165) is 15.8 Å². The first-order chi connectivity index (χ1) is 12.2. The number of hydrogen-bond acceptors (Lipinski definition) is 6. The van der Waals surface area contributed by atoms with Crippen LogP contribution in [-0.2, 0) is 17.6 Å². The summed E-state index contributed by atoms with van der Waals surface area (Å²) < 4.78 is 0.989. The number of carbonyl (C=O) groups excluding carboxylic acids is 1. The average molecular weight is 374 g/mol. The lowest BCUT2D eigenvalue weighted by Gasteiger charge is -2.05. The maximum Gasteiger partial charge on any atom is 0.258 e. The van der Waals surface area contributed by atoms with Gasteiger partial charge in [0.1, 0.15) is 10.2 Å². The van der Waals surface area contributed by atoms with Gasteiger partial charge in [0.15, 0.2) is 0 Å². The molecular weight excluding hydrogens is 356 g/mol. The van der Waals surface area contributed by atoms with E-state index in [1.54, 1.807) is 35.2 Å². The first-order valence-electron chi connectivity index (χ1n) is 7.97. The Bertz CT molecular complexity index is 936. The predicted octanol–water partition coefficient (Wildman–Crippen LogP) is 2.39. The van der Waals surface area contributed by atoms with Gasteiger partial charge in [-0.3, -0.25) is 9.59 Å². The molecule has 130 valence electrons. The maximum absolute atomic E-state index is 12.0. The highest BCUT2D eigenvalue weighted by atomic mass is 32.2. The van der Waals surface area contributed by atoms with E-state index in [4.69, 9.17) is 0 Å². The molecule has 0 aliphatic heterocycles. The summed E-state index contributed by atoms with van der Waals surface area (Å²) in [5, 5.41) is 5.33. The molecule has 2 N–H and O–H groups in total. The highest BCUT2D eigenvalue weighted by Crippen LogP contribution is 2.22. The molecule has 0 aliphatic carbocycles. The Balaban J connectivity index is 1.53. The predicted molar refractivity (Wildman–Crippen MR) is 101 cm³/mol. The fraction of sp³-hybridized carbons (Fsp3) is 0.294. The van der Waals surface area contributed by atoms with E-state index >= 15 is 0 Å². The Morgan fingerprint density at radius 3 is 3.00 bits per heavy atom. The van der Waals surface area contributed by atoms with Crippen LogP contribution in [-0.4, -0.2) is 33.2 Å².